The number of fused-ring (bicyclic) bond motifs is 15. The number of aromatic nitrogens is 1. The Balaban J connectivity index is 1.07. The van der Waals surface area contributed by atoms with Gasteiger partial charge in [-0.3, -0.25) is 0 Å². The summed E-state index contributed by atoms with van der Waals surface area (Å²) in [4.78, 5) is 0. The maximum Gasteiger partial charge on any atom is 0.198 e. The van der Waals surface area contributed by atoms with Crippen molar-refractivity contribution in [2.24, 2.45) is 0 Å². The Bertz CT molecular complexity index is 4030. The summed E-state index contributed by atoms with van der Waals surface area (Å²) in [6, 6.07) is 52.4. The van der Waals surface area contributed by atoms with E-state index in [1.165, 1.54) is 142 Å². The third-order valence-corrected chi connectivity index (χ3v) is 19.1. The molecule has 0 amide bonds. The minimum absolute atomic E-state index is 0.0783. The predicted octanol–water partition coefficient (Wildman–Crippen LogP) is 16.6. The van der Waals surface area contributed by atoms with Crippen LogP contribution in [0.15, 0.2) is 133 Å². The van der Waals surface area contributed by atoms with Gasteiger partial charge in [0.2, 0.25) is 0 Å². The summed E-state index contributed by atoms with van der Waals surface area (Å²) < 4.78 is 8.07. The third kappa shape index (κ3) is 5.64. The van der Waals surface area contributed by atoms with Gasteiger partial charge in [0.25, 0.3) is 0 Å². The Hall–Kier alpha value is -6.14. The first-order valence-corrected chi connectivity index (χ1v) is 26.3. The Kier molecular flexibility index (Phi) is 8.15. The van der Waals surface area contributed by atoms with E-state index in [1.807, 2.05) is 22.7 Å². The molecule has 14 rings (SSSR count). The zero-order valence-electron chi connectivity index (χ0n) is 40.6. The highest BCUT2D eigenvalue weighted by Crippen LogP contribution is 2.53. The summed E-state index contributed by atoms with van der Waals surface area (Å²) in [6.07, 6.45) is 2.41. The first-order valence-electron chi connectivity index (χ1n) is 24.7. The first kappa shape index (κ1) is 40.9. The number of benzene rings is 8. The van der Waals surface area contributed by atoms with E-state index in [4.69, 9.17) is 0 Å². The maximum absolute atomic E-state index is 4.04. The maximum atomic E-state index is 4.04. The molecule has 0 atom stereocenters. The van der Waals surface area contributed by atoms with Gasteiger partial charge >= 0.3 is 0 Å². The van der Waals surface area contributed by atoms with Crippen LogP contribution in [0.5, 0.6) is 0 Å². The van der Waals surface area contributed by atoms with Crippen LogP contribution in [0.1, 0.15) is 103 Å². The second-order valence-electron chi connectivity index (χ2n) is 23.3. The van der Waals surface area contributed by atoms with Crippen molar-refractivity contribution >= 4 is 114 Å². The van der Waals surface area contributed by atoms with E-state index in [0.29, 0.717) is 0 Å². The predicted molar refractivity (Wildman–Crippen MR) is 300 cm³/mol. The van der Waals surface area contributed by atoms with E-state index < -0.39 is 0 Å². The molecular formula is C63H55BN2S2. The van der Waals surface area contributed by atoms with Crippen LogP contribution in [0.25, 0.3) is 90.1 Å². The van der Waals surface area contributed by atoms with Gasteiger partial charge in [-0.15, -0.1) is 22.7 Å². The molecule has 3 aliphatic rings. The molecule has 2 aliphatic carbocycles. The minimum Gasteiger partial charge on any atom is -0.355 e. The lowest BCUT2D eigenvalue weighted by Crippen LogP contribution is -2.37. The van der Waals surface area contributed by atoms with Crippen LogP contribution in [0, 0.1) is 0 Å². The quantitative estimate of drug-likeness (QED) is 0.175. The zero-order valence-corrected chi connectivity index (χ0v) is 42.2. The molecule has 1 N–H and O–H groups in total. The summed E-state index contributed by atoms with van der Waals surface area (Å²) >= 11 is 3.87. The summed E-state index contributed by atoms with van der Waals surface area (Å²) in [5.74, 6) is 0. The Morgan fingerprint density at radius 2 is 1.18 bits per heavy atom. The van der Waals surface area contributed by atoms with Crippen LogP contribution < -0.4 is 16.2 Å². The van der Waals surface area contributed by atoms with Crippen LogP contribution >= 0.6 is 22.7 Å². The summed E-state index contributed by atoms with van der Waals surface area (Å²) in [7, 11) is 0.853. The van der Waals surface area contributed by atoms with Crippen molar-refractivity contribution in [3.05, 3.63) is 161 Å². The molecule has 0 bridgehead atoms. The van der Waals surface area contributed by atoms with Gasteiger partial charge in [-0.1, -0.05) is 141 Å². The normalized spacial score (nSPS) is 16.4. The number of hydrogen-bond acceptors (Lipinski definition) is 3. The van der Waals surface area contributed by atoms with Crippen molar-refractivity contribution in [3.8, 4) is 27.9 Å². The van der Waals surface area contributed by atoms with Crippen molar-refractivity contribution in [2.75, 3.05) is 5.32 Å². The summed E-state index contributed by atoms with van der Waals surface area (Å²) in [5.41, 5.74) is 21.7. The number of anilines is 2. The van der Waals surface area contributed by atoms with E-state index in [2.05, 4.69) is 206 Å². The third-order valence-electron chi connectivity index (χ3n) is 16.8. The molecule has 332 valence electrons. The molecule has 1 aliphatic heterocycles. The van der Waals surface area contributed by atoms with E-state index >= 15 is 0 Å². The molecule has 68 heavy (non-hydrogen) atoms. The fraction of sp³-hybridized carbons (Fsp3) is 0.238. The van der Waals surface area contributed by atoms with Crippen molar-refractivity contribution in [1.82, 2.24) is 4.57 Å². The number of rotatable bonds is 3. The average molecular weight is 915 g/mol. The van der Waals surface area contributed by atoms with Gasteiger partial charge in [0.1, 0.15) is 0 Å². The van der Waals surface area contributed by atoms with Gasteiger partial charge in [-0.25, -0.2) is 0 Å². The molecule has 0 saturated heterocycles. The number of hydrogen-bond donors (Lipinski definition) is 1. The number of nitrogens with zero attached hydrogens (tertiary/aromatic N) is 1. The smallest absolute Gasteiger partial charge is 0.198 e. The summed E-state index contributed by atoms with van der Waals surface area (Å²) in [6.45, 7) is 21.5. The van der Waals surface area contributed by atoms with Crippen LogP contribution in [0.3, 0.4) is 0 Å². The fourth-order valence-corrected chi connectivity index (χ4v) is 15.1. The molecule has 0 unspecified atom stereocenters. The van der Waals surface area contributed by atoms with Crippen molar-refractivity contribution < 1.29 is 0 Å². The highest BCUT2D eigenvalue weighted by Gasteiger charge is 2.39. The van der Waals surface area contributed by atoms with Gasteiger partial charge in [-0.05, 0) is 145 Å². The topological polar surface area (TPSA) is 17.0 Å². The molecule has 0 saturated carbocycles. The number of nitrogens with one attached hydrogen (secondary N) is 1. The highest BCUT2D eigenvalue weighted by atomic mass is 32.1. The van der Waals surface area contributed by atoms with Crippen molar-refractivity contribution in [3.63, 3.8) is 0 Å². The van der Waals surface area contributed by atoms with E-state index in [1.54, 1.807) is 0 Å². The lowest BCUT2D eigenvalue weighted by atomic mass is 9.59. The standard InChI is InChI=1S/C63H55BN2S2/c1-60(2,3)34-18-20-35(21-19-34)65-51-32-56-43(44-28-48-49(31-55(44)68-56)62(6,7)25-24-61(48,4)5)26-41(51)38-22-23-39-42-27-47-40(36-14-10-12-16-46(36)63(47,8)9)30-52(42)66-53-33-57-45(29-50(53)64-58(38)59(39)66)37-15-11-13-17-54(37)67-57/h10-23,26-33,64-65H,24-25H2,1-9H3. The van der Waals surface area contributed by atoms with Crippen LogP contribution in [-0.2, 0) is 21.7 Å². The minimum atomic E-state index is -0.0901. The summed E-state index contributed by atoms with van der Waals surface area (Å²) in [5, 5.41) is 12.1. The molecule has 11 aromatic rings. The SMILES string of the molecule is CC(C)(C)c1ccc(Nc2cc3sc4cc5c(cc4c3cc2-c2ccc3c4cc6c(cc4n4c3c2Bc2cc3c(cc2-4)sc2ccccc23)-c2ccccc2C6(C)C)C(C)(C)CCC5(C)C)cc1. The highest BCUT2D eigenvalue weighted by molar-refractivity contribution is 7.26. The monoisotopic (exact) mass is 914 g/mol. The molecular weight excluding hydrogens is 860 g/mol. The molecule has 8 aromatic carbocycles. The molecule has 2 nitrogen and oxygen atoms in total. The van der Waals surface area contributed by atoms with Crippen LogP contribution in [0.4, 0.5) is 11.4 Å². The Labute approximate surface area is 407 Å². The second-order valence-corrected chi connectivity index (χ2v) is 25.4. The molecule has 4 heterocycles. The average Bonchev–Trinajstić information content (AvgIpc) is 4.02. The molecule has 0 radical (unpaired) electrons. The lowest BCUT2D eigenvalue weighted by molar-refractivity contribution is 0.332. The van der Waals surface area contributed by atoms with Gasteiger partial charge in [0.15, 0.2) is 7.28 Å². The van der Waals surface area contributed by atoms with Gasteiger partial charge < -0.3 is 9.88 Å². The first-order chi connectivity index (χ1) is 32.5. The molecule has 5 heteroatoms. The van der Waals surface area contributed by atoms with E-state index in [0.717, 1.165) is 18.7 Å². The fourth-order valence-electron chi connectivity index (χ4n) is 12.8. The van der Waals surface area contributed by atoms with Crippen molar-refractivity contribution in [1.29, 1.82) is 0 Å². The Morgan fingerprint density at radius 3 is 1.97 bits per heavy atom. The molecule has 3 aromatic heterocycles. The van der Waals surface area contributed by atoms with Gasteiger partial charge in [0, 0.05) is 79.3 Å². The van der Waals surface area contributed by atoms with E-state index in [9.17, 15) is 0 Å². The Morgan fingerprint density at radius 1 is 0.515 bits per heavy atom. The largest absolute Gasteiger partial charge is 0.355 e. The van der Waals surface area contributed by atoms with Crippen LogP contribution in [-0.4, -0.2) is 11.8 Å². The second kappa shape index (κ2) is 13.6. The zero-order chi connectivity index (χ0) is 46.4. The lowest BCUT2D eigenvalue weighted by Gasteiger charge is -2.41. The van der Waals surface area contributed by atoms with Crippen LogP contribution in [0.2, 0.25) is 0 Å². The molecule has 0 spiro atoms. The van der Waals surface area contributed by atoms with Crippen molar-refractivity contribution in [2.45, 2.75) is 96.8 Å². The number of thiophene rings is 2. The van der Waals surface area contributed by atoms with Gasteiger partial charge in [0.05, 0.1) is 5.52 Å². The molecule has 0 fully saturated rings. The van der Waals surface area contributed by atoms with E-state index in [-0.39, 0.29) is 21.7 Å². The van der Waals surface area contributed by atoms with Gasteiger partial charge in [-0.2, -0.15) is 0 Å².